The minimum atomic E-state index is -0.600. The first kappa shape index (κ1) is 17.9. The Morgan fingerprint density at radius 1 is 1.27 bits per heavy atom. The monoisotopic (exact) mass is 354 g/mol. The van der Waals surface area contributed by atoms with Gasteiger partial charge in [-0.15, -0.1) is 0 Å². The minimum Gasteiger partial charge on any atom is -0.423 e. The molecular weight excluding hydrogens is 332 g/mol. The summed E-state index contributed by atoms with van der Waals surface area (Å²) < 4.78 is 5.34. The Hall–Kier alpha value is -2.89. The molecule has 0 amide bonds. The Morgan fingerprint density at radius 3 is 2.77 bits per heavy atom. The smallest absolute Gasteiger partial charge is 0.343 e. The van der Waals surface area contributed by atoms with E-state index in [1.807, 2.05) is 17.9 Å². The Balaban J connectivity index is 1.86. The van der Waals surface area contributed by atoms with Crippen LogP contribution in [0.2, 0.25) is 0 Å². The van der Waals surface area contributed by atoms with Crippen LogP contribution in [0.25, 0.3) is 0 Å². The van der Waals surface area contributed by atoms with Crippen molar-refractivity contribution in [2.45, 2.75) is 26.7 Å². The Bertz CT molecular complexity index is 834. The lowest BCUT2D eigenvalue weighted by Gasteiger charge is -2.32. The van der Waals surface area contributed by atoms with Crippen molar-refractivity contribution in [3.63, 3.8) is 0 Å². The minimum absolute atomic E-state index is 0.0576. The standard InChI is InChI=1S/C20H22N2O4/c1-14-5-3-7-17(11-14)26-20(23)16-8-9-18(19(12-16)22(24)25)21-10-4-6-15(2)13-21/h3,5,7-9,11-12,15H,4,6,10,13H2,1-2H3/t15-/m1/s1. The van der Waals surface area contributed by atoms with Gasteiger partial charge in [0.2, 0.25) is 0 Å². The number of piperidine rings is 1. The van der Waals surface area contributed by atoms with E-state index in [-0.39, 0.29) is 11.3 Å². The van der Waals surface area contributed by atoms with Crippen molar-refractivity contribution >= 4 is 17.3 Å². The second-order valence-electron chi connectivity index (χ2n) is 6.86. The summed E-state index contributed by atoms with van der Waals surface area (Å²) in [4.78, 5) is 25.5. The molecular formula is C20H22N2O4. The number of hydrogen-bond acceptors (Lipinski definition) is 5. The van der Waals surface area contributed by atoms with Crippen LogP contribution in [-0.2, 0) is 0 Å². The molecule has 0 aromatic heterocycles. The molecule has 0 spiro atoms. The zero-order chi connectivity index (χ0) is 18.7. The van der Waals surface area contributed by atoms with E-state index in [4.69, 9.17) is 4.74 Å². The number of nitro groups is 1. The van der Waals surface area contributed by atoms with Crippen LogP contribution in [0.3, 0.4) is 0 Å². The topological polar surface area (TPSA) is 72.7 Å². The highest BCUT2D eigenvalue weighted by Crippen LogP contribution is 2.32. The number of aryl methyl sites for hydroxylation is 1. The fourth-order valence-corrected chi connectivity index (χ4v) is 3.32. The summed E-state index contributed by atoms with van der Waals surface area (Å²) >= 11 is 0. The predicted molar refractivity (Wildman–Crippen MR) is 99.8 cm³/mol. The molecule has 136 valence electrons. The first-order chi connectivity index (χ1) is 12.4. The van der Waals surface area contributed by atoms with Gasteiger partial charge < -0.3 is 9.64 Å². The molecule has 2 aromatic carbocycles. The van der Waals surface area contributed by atoms with Crippen molar-refractivity contribution in [2.24, 2.45) is 5.92 Å². The van der Waals surface area contributed by atoms with Gasteiger partial charge >= 0.3 is 5.97 Å². The Morgan fingerprint density at radius 2 is 2.08 bits per heavy atom. The molecule has 0 saturated carbocycles. The molecule has 3 rings (SSSR count). The summed E-state index contributed by atoms with van der Waals surface area (Å²) in [7, 11) is 0. The van der Waals surface area contributed by atoms with Gasteiger partial charge in [-0.1, -0.05) is 19.1 Å². The van der Waals surface area contributed by atoms with Crippen molar-refractivity contribution in [2.75, 3.05) is 18.0 Å². The first-order valence-electron chi connectivity index (χ1n) is 8.76. The molecule has 1 atom stereocenters. The van der Waals surface area contributed by atoms with E-state index in [0.29, 0.717) is 17.4 Å². The van der Waals surface area contributed by atoms with Gasteiger partial charge in [-0.05, 0) is 55.5 Å². The molecule has 0 unspecified atom stereocenters. The molecule has 0 aliphatic carbocycles. The van der Waals surface area contributed by atoms with Crippen LogP contribution in [0, 0.1) is 23.0 Å². The van der Waals surface area contributed by atoms with Gasteiger partial charge in [0.15, 0.2) is 0 Å². The van der Waals surface area contributed by atoms with E-state index >= 15 is 0 Å². The highest BCUT2D eigenvalue weighted by molar-refractivity contribution is 5.93. The summed E-state index contributed by atoms with van der Waals surface area (Å²) in [5, 5.41) is 11.6. The van der Waals surface area contributed by atoms with E-state index in [1.165, 1.54) is 6.07 Å². The second kappa shape index (κ2) is 7.56. The van der Waals surface area contributed by atoms with Crippen LogP contribution in [0.5, 0.6) is 5.75 Å². The third kappa shape index (κ3) is 4.02. The number of hydrogen-bond donors (Lipinski definition) is 0. The van der Waals surface area contributed by atoms with Crippen molar-refractivity contribution < 1.29 is 14.5 Å². The second-order valence-corrected chi connectivity index (χ2v) is 6.86. The molecule has 1 aliphatic rings. The van der Waals surface area contributed by atoms with Gasteiger partial charge in [-0.3, -0.25) is 10.1 Å². The van der Waals surface area contributed by atoms with Crippen LogP contribution in [0.15, 0.2) is 42.5 Å². The first-order valence-corrected chi connectivity index (χ1v) is 8.76. The number of rotatable bonds is 4. The lowest BCUT2D eigenvalue weighted by Crippen LogP contribution is -2.34. The van der Waals surface area contributed by atoms with Crippen molar-refractivity contribution in [3.8, 4) is 5.75 Å². The summed E-state index contributed by atoms with van der Waals surface area (Å²) in [6.45, 7) is 5.62. The molecule has 1 fully saturated rings. The van der Waals surface area contributed by atoms with Crippen LogP contribution in [0.4, 0.5) is 11.4 Å². The third-order valence-corrected chi connectivity index (χ3v) is 4.61. The average Bonchev–Trinajstić information content (AvgIpc) is 2.61. The van der Waals surface area contributed by atoms with E-state index in [1.54, 1.807) is 30.3 Å². The van der Waals surface area contributed by atoms with Crippen molar-refractivity contribution in [1.29, 1.82) is 0 Å². The van der Waals surface area contributed by atoms with E-state index in [2.05, 4.69) is 6.92 Å². The Labute approximate surface area is 152 Å². The van der Waals surface area contributed by atoms with Gasteiger partial charge in [0, 0.05) is 19.2 Å². The van der Waals surface area contributed by atoms with Crippen molar-refractivity contribution in [3.05, 3.63) is 63.7 Å². The van der Waals surface area contributed by atoms with Crippen LogP contribution < -0.4 is 9.64 Å². The number of ether oxygens (including phenoxy) is 1. The number of carbonyl (C=O) groups excluding carboxylic acids is 1. The molecule has 1 heterocycles. The Kier molecular flexibility index (Phi) is 5.21. The molecule has 0 bridgehead atoms. The van der Waals surface area contributed by atoms with E-state index < -0.39 is 10.9 Å². The van der Waals surface area contributed by atoms with Gasteiger partial charge in [0.25, 0.3) is 5.69 Å². The fraction of sp³-hybridized carbons (Fsp3) is 0.350. The SMILES string of the molecule is Cc1cccc(OC(=O)c2ccc(N3CCC[C@@H](C)C3)c([N+](=O)[O-])c2)c1. The maximum Gasteiger partial charge on any atom is 0.343 e. The number of nitro benzene ring substituents is 1. The zero-order valence-corrected chi connectivity index (χ0v) is 15.0. The molecule has 2 aromatic rings. The highest BCUT2D eigenvalue weighted by atomic mass is 16.6. The maximum absolute atomic E-state index is 12.4. The van der Waals surface area contributed by atoms with Gasteiger partial charge in [-0.2, -0.15) is 0 Å². The molecule has 1 saturated heterocycles. The van der Waals surface area contributed by atoms with Crippen LogP contribution in [0.1, 0.15) is 35.7 Å². The molecule has 6 nitrogen and oxygen atoms in total. The molecule has 0 radical (unpaired) electrons. The highest BCUT2D eigenvalue weighted by Gasteiger charge is 2.25. The number of carbonyl (C=O) groups is 1. The number of benzene rings is 2. The molecule has 6 heteroatoms. The van der Waals surface area contributed by atoms with Gasteiger partial charge in [0.1, 0.15) is 11.4 Å². The predicted octanol–water partition coefficient (Wildman–Crippen LogP) is 4.36. The zero-order valence-electron chi connectivity index (χ0n) is 15.0. The van der Waals surface area contributed by atoms with Crippen molar-refractivity contribution in [1.82, 2.24) is 0 Å². The average molecular weight is 354 g/mol. The number of anilines is 1. The summed E-state index contributed by atoms with van der Waals surface area (Å²) in [5.74, 6) is 0.318. The third-order valence-electron chi connectivity index (χ3n) is 4.61. The van der Waals surface area contributed by atoms with E-state index in [9.17, 15) is 14.9 Å². The summed E-state index contributed by atoms with van der Waals surface area (Å²) in [6, 6.07) is 11.7. The molecule has 0 N–H and O–H groups in total. The largest absolute Gasteiger partial charge is 0.423 e. The van der Waals surface area contributed by atoms with Crippen LogP contribution >= 0.6 is 0 Å². The fourth-order valence-electron chi connectivity index (χ4n) is 3.32. The number of esters is 1. The summed E-state index contributed by atoms with van der Waals surface area (Å²) in [6.07, 6.45) is 2.14. The van der Waals surface area contributed by atoms with Gasteiger partial charge in [0.05, 0.1) is 10.5 Å². The maximum atomic E-state index is 12.4. The van der Waals surface area contributed by atoms with Crippen LogP contribution in [-0.4, -0.2) is 24.0 Å². The molecule has 26 heavy (non-hydrogen) atoms. The quantitative estimate of drug-likeness (QED) is 0.353. The lowest BCUT2D eigenvalue weighted by atomic mass is 9.99. The lowest BCUT2D eigenvalue weighted by molar-refractivity contribution is -0.384. The normalized spacial score (nSPS) is 17.0. The van der Waals surface area contributed by atoms with E-state index in [0.717, 1.165) is 31.5 Å². The summed E-state index contributed by atoms with van der Waals surface area (Å²) in [5.41, 5.74) is 1.65. The van der Waals surface area contributed by atoms with Gasteiger partial charge in [-0.25, -0.2) is 4.79 Å². The number of nitrogens with zero attached hydrogens (tertiary/aromatic N) is 2. The molecule has 1 aliphatic heterocycles.